The van der Waals surface area contributed by atoms with Crippen molar-refractivity contribution in [2.75, 3.05) is 7.11 Å². The molecule has 1 aromatic heterocycles. The van der Waals surface area contributed by atoms with Gasteiger partial charge in [-0.25, -0.2) is 0 Å². The van der Waals surface area contributed by atoms with Gasteiger partial charge in [-0.3, -0.25) is 9.59 Å². The summed E-state index contributed by atoms with van der Waals surface area (Å²) < 4.78 is 11.0. The Bertz CT molecular complexity index is 1090. The SMILES string of the molecule is CCc1ccc([C@@H](C(=O)NC2CCCC2)N(Cc2ccccc2OC)C(=O)c2ccco2)cc1. The largest absolute Gasteiger partial charge is 0.496 e. The Kier molecular flexibility index (Phi) is 7.68. The first kappa shape index (κ1) is 23.6. The number of benzene rings is 2. The summed E-state index contributed by atoms with van der Waals surface area (Å²) in [4.78, 5) is 29.0. The van der Waals surface area contributed by atoms with E-state index in [-0.39, 0.29) is 30.2 Å². The van der Waals surface area contributed by atoms with Gasteiger partial charge in [0.2, 0.25) is 5.91 Å². The van der Waals surface area contributed by atoms with E-state index < -0.39 is 6.04 Å². The van der Waals surface area contributed by atoms with Crippen LogP contribution in [0.3, 0.4) is 0 Å². The molecule has 6 heteroatoms. The van der Waals surface area contributed by atoms with Crippen LogP contribution in [-0.4, -0.2) is 29.9 Å². The summed E-state index contributed by atoms with van der Waals surface area (Å²) in [6.45, 7) is 2.29. The average Bonchev–Trinajstić information content (AvgIpc) is 3.59. The number of hydrogen-bond acceptors (Lipinski definition) is 4. The van der Waals surface area contributed by atoms with Crippen LogP contribution in [-0.2, 0) is 17.8 Å². The topological polar surface area (TPSA) is 71.8 Å². The van der Waals surface area contributed by atoms with Crippen molar-refractivity contribution >= 4 is 11.8 Å². The molecule has 0 saturated heterocycles. The monoisotopic (exact) mass is 460 g/mol. The lowest BCUT2D eigenvalue weighted by Crippen LogP contribution is -2.45. The Balaban J connectivity index is 1.76. The highest BCUT2D eigenvalue weighted by atomic mass is 16.5. The van der Waals surface area contributed by atoms with Gasteiger partial charge in [-0.1, -0.05) is 62.2 Å². The molecule has 2 aromatic carbocycles. The standard InChI is InChI=1S/C28H32N2O4/c1-3-20-14-16-21(17-15-20)26(27(31)29-23-10-5-6-11-23)30(28(32)25-13-8-18-34-25)19-22-9-4-7-12-24(22)33-2/h4,7-9,12-18,23,26H,3,5-6,10-11,19H2,1-2H3,(H,29,31)/t26-/m0/s1. The molecule has 2 amide bonds. The third kappa shape index (κ3) is 5.33. The lowest BCUT2D eigenvalue weighted by molar-refractivity contribution is -0.126. The van der Waals surface area contributed by atoms with Gasteiger partial charge in [0.1, 0.15) is 11.8 Å². The number of carbonyl (C=O) groups excluding carboxylic acids is 2. The van der Waals surface area contributed by atoms with E-state index in [4.69, 9.17) is 9.15 Å². The molecule has 0 aliphatic heterocycles. The van der Waals surface area contributed by atoms with Gasteiger partial charge in [0.25, 0.3) is 5.91 Å². The molecule has 1 heterocycles. The predicted octanol–water partition coefficient (Wildman–Crippen LogP) is 5.29. The van der Waals surface area contributed by atoms with Gasteiger partial charge in [0.05, 0.1) is 19.9 Å². The Labute approximate surface area is 200 Å². The van der Waals surface area contributed by atoms with Crippen LogP contribution >= 0.6 is 0 Å². The summed E-state index contributed by atoms with van der Waals surface area (Å²) in [6.07, 6.45) is 6.51. The minimum Gasteiger partial charge on any atom is -0.496 e. The molecule has 34 heavy (non-hydrogen) atoms. The van der Waals surface area contributed by atoms with Crippen molar-refractivity contribution in [3.63, 3.8) is 0 Å². The van der Waals surface area contributed by atoms with Crippen LogP contribution in [0.4, 0.5) is 0 Å². The molecule has 4 rings (SSSR count). The second-order valence-electron chi connectivity index (χ2n) is 8.71. The lowest BCUT2D eigenvalue weighted by Gasteiger charge is -2.32. The molecule has 1 atom stereocenters. The molecule has 1 fully saturated rings. The molecule has 0 spiro atoms. The second kappa shape index (κ2) is 11.1. The van der Waals surface area contributed by atoms with Crippen LogP contribution in [0.25, 0.3) is 0 Å². The van der Waals surface area contributed by atoms with Gasteiger partial charge in [0, 0.05) is 11.6 Å². The summed E-state index contributed by atoms with van der Waals surface area (Å²) in [5.41, 5.74) is 2.75. The van der Waals surface area contributed by atoms with Crippen LogP contribution < -0.4 is 10.1 Å². The molecule has 1 aliphatic carbocycles. The Morgan fingerprint density at radius 1 is 1.06 bits per heavy atom. The minimum atomic E-state index is -0.811. The Hall–Kier alpha value is -3.54. The summed E-state index contributed by atoms with van der Waals surface area (Å²) in [7, 11) is 1.60. The van der Waals surface area contributed by atoms with Gasteiger partial charge in [-0.05, 0) is 48.6 Å². The Morgan fingerprint density at radius 3 is 2.44 bits per heavy atom. The third-order valence-corrected chi connectivity index (χ3v) is 6.49. The van der Waals surface area contributed by atoms with Crippen molar-refractivity contribution < 1.29 is 18.7 Å². The van der Waals surface area contributed by atoms with E-state index in [1.807, 2.05) is 48.5 Å². The molecule has 178 valence electrons. The quantitative estimate of drug-likeness (QED) is 0.471. The highest BCUT2D eigenvalue weighted by Crippen LogP contribution is 2.30. The van der Waals surface area contributed by atoms with Crippen LogP contribution in [0, 0.1) is 0 Å². The number of methoxy groups -OCH3 is 1. The van der Waals surface area contributed by atoms with Crippen molar-refractivity contribution in [2.45, 2.75) is 57.7 Å². The van der Waals surface area contributed by atoms with Gasteiger partial charge in [0.15, 0.2) is 5.76 Å². The fraction of sp³-hybridized carbons (Fsp3) is 0.357. The zero-order valence-electron chi connectivity index (χ0n) is 19.8. The molecule has 1 saturated carbocycles. The number of amides is 2. The van der Waals surface area contributed by atoms with E-state index in [9.17, 15) is 9.59 Å². The van der Waals surface area contributed by atoms with Crippen molar-refractivity contribution in [1.29, 1.82) is 0 Å². The molecular formula is C28H32N2O4. The third-order valence-electron chi connectivity index (χ3n) is 6.49. The first-order valence-electron chi connectivity index (χ1n) is 12.0. The maximum Gasteiger partial charge on any atom is 0.290 e. The maximum atomic E-state index is 13.7. The van der Waals surface area contributed by atoms with E-state index in [1.165, 1.54) is 11.8 Å². The fourth-order valence-electron chi connectivity index (χ4n) is 4.60. The van der Waals surface area contributed by atoms with E-state index in [0.29, 0.717) is 5.75 Å². The summed E-state index contributed by atoms with van der Waals surface area (Å²) in [5, 5.41) is 3.21. The molecule has 0 bridgehead atoms. The van der Waals surface area contributed by atoms with E-state index in [1.54, 1.807) is 24.1 Å². The number of carbonyl (C=O) groups is 2. The highest BCUT2D eigenvalue weighted by Gasteiger charge is 2.35. The summed E-state index contributed by atoms with van der Waals surface area (Å²) in [5.74, 6) is 0.336. The molecule has 1 N–H and O–H groups in total. The molecule has 0 radical (unpaired) electrons. The second-order valence-corrected chi connectivity index (χ2v) is 8.71. The fourth-order valence-corrected chi connectivity index (χ4v) is 4.60. The van der Waals surface area contributed by atoms with Gasteiger partial charge < -0.3 is 19.4 Å². The van der Waals surface area contributed by atoms with Crippen molar-refractivity contribution in [1.82, 2.24) is 10.2 Å². The zero-order chi connectivity index (χ0) is 23.9. The van der Waals surface area contributed by atoms with Crippen LogP contribution in [0.5, 0.6) is 5.75 Å². The Morgan fingerprint density at radius 2 is 1.79 bits per heavy atom. The number of hydrogen-bond donors (Lipinski definition) is 1. The van der Waals surface area contributed by atoms with Crippen LogP contribution in [0.15, 0.2) is 71.3 Å². The number of para-hydroxylation sites is 1. The summed E-state index contributed by atoms with van der Waals surface area (Å²) in [6, 6.07) is 18.1. The van der Waals surface area contributed by atoms with Gasteiger partial charge in [-0.15, -0.1) is 0 Å². The van der Waals surface area contributed by atoms with E-state index >= 15 is 0 Å². The normalized spacial score (nSPS) is 14.5. The van der Waals surface area contributed by atoms with E-state index in [0.717, 1.165) is 43.2 Å². The van der Waals surface area contributed by atoms with Crippen LogP contribution in [0.1, 0.15) is 65.9 Å². The molecular weight excluding hydrogens is 428 g/mol. The van der Waals surface area contributed by atoms with Crippen molar-refractivity contribution in [3.05, 3.63) is 89.4 Å². The first-order chi connectivity index (χ1) is 16.6. The first-order valence-corrected chi connectivity index (χ1v) is 12.0. The number of ether oxygens (including phenoxy) is 1. The number of furan rings is 1. The van der Waals surface area contributed by atoms with Crippen molar-refractivity contribution in [3.8, 4) is 5.75 Å². The van der Waals surface area contributed by atoms with E-state index in [2.05, 4.69) is 12.2 Å². The number of nitrogens with zero attached hydrogens (tertiary/aromatic N) is 1. The van der Waals surface area contributed by atoms with Crippen molar-refractivity contribution in [2.24, 2.45) is 0 Å². The molecule has 1 aliphatic rings. The maximum absolute atomic E-state index is 13.7. The zero-order valence-corrected chi connectivity index (χ0v) is 19.8. The molecule has 6 nitrogen and oxygen atoms in total. The lowest BCUT2D eigenvalue weighted by atomic mass is 9.99. The smallest absolute Gasteiger partial charge is 0.290 e. The van der Waals surface area contributed by atoms with Crippen LogP contribution in [0.2, 0.25) is 0 Å². The molecule has 3 aromatic rings. The summed E-state index contributed by atoms with van der Waals surface area (Å²) >= 11 is 0. The number of nitrogens with one attached hydrogen (secondary N) is 1. The highest BCUT2D eigenvalue weighted by molar-refractivity contribution is 5.96. The average molecular weight is 461 g/mol. The number of rotatable bonds is 9. The predicted molar refractivity (Wildman–Crippen MR) is 131 cm³/mol. The molecule has 0 unspecified atom stereocenters. The van der Waals surface area contributed by atoms with Gasteiger partial charge >= 0.3 is 0 Å². The minimum absolute atomic E-state index is 0.136. The number of aryl methyl sites for hydroxylation is 1. The van der Waals surface area contributed by atoms with Gasteiger partial charge in [-0.2, -0.15) is 0 Å².